The number of carbonyl (C=O) groups is 1. The fourth-order valence-corrected chi connectivity index (χ4v) is 2.23. The third kappa shape index (κ3) is 4.21. The van der Waals surface area contributed by atoms with Gasteiger partial charge in [0.2, 0.25) is 0 Å². The van der Waals surface area contributed by atoms with Crippen LogP contribution in [-0.4, -0.2) is 17.6 Å². The lowest BCUT2D eigenvalue weighted by atomic mass is 10.2. The molecule has 0 radical (unpaired) electrons. The molecule has 2 aromatic carbocycles. The predicted molar refractivity (Wildman–Crippen MR) is 85.0 cm³/mol. The molecule has 0 heterocycles. The number of halogens is 1. The molecule has 2 aromatic rings. The molecule has 0 aliphatic rings. The van der Waals surface area contributed by atoms with Crippen molar-refractivity contribution in [2.24, 2.45) is 0 Å². The number of aliphatic hydroxyl groups excluding tert-OH is 1. The second-order valence-electron chi connectivity index (χ2n) is 4.34. The Labute approximate surface area is 130 Å². The maximum atomic E-state index is 11.9. The molecule has 0 bridgehead atoms. The fourth-order valence-electron chi connectivity index (χ4n) is 1.74. The van der Waals surface area contributed by atoms with Gasteiger partial charge in [0.25, 0.3) is 5.91 Å². The smallest absolute Gasteiger partial charge is 0.262 e. The van der Waals surface area contributed by atoms with Crippen LogP contribution in [0.15, 0.2) is 46.9 Å². The summed E-state index contributed by atoms with van der Waals surface area (Å²) in [5.74, 6) is 0.194. The van der Waals surface area contributed by atoms with Crippen LogP contribution >= 0.6 is 15.9 Å². The van der Waals surface area contributed by atoms with E-state index in [1.807, 2.05) is 0 Å². The van der Waals surface area contributed by atoms with Gasteiger partial charge in [0.05, 0.1) is 12.3 Å². The molecule has 0 unspecified atom stereocenters. The van der Waals surface area contributed by atoms with Crippen LogP contribution in [-0.2, 0) is 11.4 Å². The summed E-state index contributed by atoms with van der Waals surface area (Å²) in [6, 6.07) is 12.1. The molecule has 0 spiro atoms. The number of rotatable bonds is 5. The molecule has 0 saturated heterocycles. The number of nitrogen functional groups attached to an aromatic ring is 1. The van der Waals surface area contributed by atoms with E-state index >= 15 is 0 Å². The summed E-state index contributed by atoms with van der Waals surface area (Å²) in [6.07, 6.45) is 0. The van der Waals surface area contributed by atoms with Crippen molar-refractivity contribution in [3.8, 4) is 5.75 Å². The van der Waals surface area contributed by atoms with E-state index < -0.39 is 0 Å². The Kier molecular flexibility index (Phi) is 5.19. The van der Waals surface area contributed by atoms with Gasteiger partial charge in [0, 0.05) is 15.7 Å². The highest BCUT2D eigenvalue weighted by atomic mass is 79.9. The second-order valence-corrected chi connectivity index (χ2v) is 5.20. The van der Waals surface area contributed by atoms with Crippen molar-refractivity contribution >= 4 is 33.2 Å². The van der Waals surface area contributed by atoms with Crippen LogP contribution in [0.1, 0.15) is 5.56 Å². The number of anilines is 2. The zero-order valence-corrected chi connectivity index (χ0v) is 12.8. The number of para-hydroxylation sites is 1. The Morgan fingerprint density at radius 2 is 2.05 bits per heavy atom. The molecule has 5 nitrogen and oxygen atoms in total. The van der Waals surface area contributed by atoms with Crippen LogP contribution in [0.5, 0.6) is 5.75 Å². The van der Waals surface area contributed by atoms with Gasteiger partial charge in [-0.25, -0.2) is 0 Å². The Bertz CT molecular complexity index is 647. The minimum atomic E-state index is -0.298. The molecule has 0 fully saturated rings. The van der Waals surface area contributed by atoms with Gasteiger partial charge >= 0.3 is 0 Å². The molecule has 0 aromatic heterocycles. The van der Waals surface area contributed by atoms with Crippen molar-refractivity contribution in [1.29, 1.82) is 0 Å². The van der Waals surface area contributed by atoms with E-state index in [2.05, 4.69) is 21.2 Å². The Morgan fingerprint density at radius 1 is 1.29 bits per heavy atom. The minimum absolute atomic E-state index is 0.138. The van der Waals surface area contributed by atoms with Gasteiger partial charge in [-0.05, 0) is 40.2 Å². The molecule has 110 valence electrons. The summed E-state index contributed by atoms with van der Waals surface area (Å²) in [5, 5.41) is 11.9. The van der Waals surface area contributed by atoms with Gasteiger partial charge < -0.3 is 20.9 Å². The predicted octanol–water partition coefficient (Wildman–Crippen LogP) is 2.54. The first-order valence-corrected chi connectivity index (χ1v) is 7.06. The average molecular weight is 351 g/mol. The van der Waals surface area contributed by atoms with E-state index in [9.17, 15) is 9.90 Å². The van der Waals surface area contributed by atoms with Gasteiger partial charge in [-0.2, -0.15) is 0 Å². The highest BCUT2D eigenvalue weighted by Gasteiger charge is 2.08. The molecular weight excluding hydrogens is 336 g/mol. The summed E-state index contributed by atoms with van der Waals surface area (Å²) in [6.45, 7) is -0.283. The van der Waals surface area contributed by atoms with E-state index in [4.69, 9.17) is 10.5 Å². The first-order chi connectivity index (χ1) is 10.1. The number of carbonyl (C=O) groups excluding carboxylic acids is 1. The molecule has 0 saturated carbocycles. The Balaban J connectivity index is 1.96. The monoisotopic (exact) mass is 350 g/mol. The second kappa shape index (κ2) is 7.10. The highest BCUT2D eigenvalue weighted by molar-refractivity contribution is 9.10. The van der Waals surface area contributed by atoms with Crippen LogP contribution in [0.2, 0.25) is 0 Å². The third-order valence-corrected chi connectivity index (χ3v) is 3.43. The van der Waals surface area contributed by atoms with Crippen molar-refractivity contribution in [2.45, 2.75) is 6.61 Å². The summed E-state index contributed by atoms with van der Waals surface area (Å²) in [5.41, 5.74) is 7.50. The molecular formula is C15H15BrN2O3. The maximum absolute atomic E-state index is 11.9. The standard InChI is InChI=1S/C15H15BrN2O3/c16-12-7-11(17)5-6-13(12)18-15(20)9-21-14-4-2-1-3-10(14)8-19/h1-7,19H,8-9,17H2,(H,18,20). The topological polar surface area (TPSA) is 84.6 Å². The van der Waals surface area contributed by atoms with E-state index in [-0.39, 0.29) is 19.1 Å². The number of nitrogens with two attached hydrogens (primary N) is 1. The summed E-state index contributed by atoms with van der Waals surface area (Å²) < 4.78 is 6.11. The number of ether oxygens (including phenoxy) is 1. The molecule has 1 amide bonds. The minimum Gasteiger partial charge on any atom is -0.483 e. The quantitative estimate of drug-likeness (QED) is 0.723. The van der Waals surface area contributed by atoms with Crippen molar-refractivity contribution in [2.75, 3.05) is 17.7 Å². The van der Waals surface area contributed by atoms with E-state index in [1.165, 1.54) is 0 Å². The Hall–Kier alpha value is -2.05. The molecule has 2 rings (SSSR count). The highest BCUT2D eigenvalue weighted by Crippen LogP contribution is 2.24. The number of amides is 1. The van der Waals surface area contributed by atoms with Crippen molar-refractivity contribution in [3.63, 3.8) is 0 Å². The van der Waals surface area contributed by atoms with Gasteiger partial charge in [0.15, 0.2) is 6.61 Å². The lowest BCUT2D eigenvalue weighted by molar-refractivity contribution is -0.118. The van der Waals surface area contributed by atoms with Crippen LogP contribution < -0.4 is 15.8 Å². The van der Waals surface area contributed by atoms with Crippen LogP contribution in [0.4, 0.5) is 11.4 Å². The zero-order chi connectivity index (χ0) is 15.2. The largest absolute Gasteiger partial charge is 0.483 e. The first kappa shape index (κ1) is 15.3. The summed E-state index contributed by atoms with van der Waals surface area (Å²) in [7, 11) is 0. The number of hydrogen-bond acceptors (Lipinski definition) is 4. The fraction of sp³-hybridized carbons (Fsp3) is 0.133. The Morgan fingerprint density at radius 3 is 2.76 bits per heavy atom. The van der Waals surface area contributed by atoms with Gasteiger partial charge in [-0.15, -0.1) is 0 Å². The number of nitrogens with one attached hydrogen (secondary N) is 1. The lowest BCUT2D eigenvalue weighted by Gasteiger charge is -2.11. The molecule has 6 heteroatoms. The number of benzene rings is 2. The van der Waals surface area contributed by atoms with Gasteiger partial charge in [-0.3, -0.25) is 4.79 Å². The van der Waals surface area contributed by atoms with Gasteiger partial charge in [-0.1, -0.05) is 18.2 Å². The zero-order valence-electron chi connectivity index (χ0n) is 11.2. The molecule has 4 N–H and O–H groups in total. The van der Waals surface area contributed by atoms with Crippen LogP contribution in [0.25, 0.3) is 0 Å². The maximum Gasteiger partial charge on any atom is 0.262 e. The van der Waals surface area contributed by atoms with Crippen LogP contribution in [0.3, 0.4) is 0 Å². The van der Waals surface area contributed by atoms with Crippen molar-refractivity contribution < 1.29 is 14.6 Å². The third-order valence-electron chi connectivity index (χ3n) is 2.77. The van der Waals surface area contributed by atoms with Crippen LogP contribution in [0, 0.1) is 0 Å². The van der Waals surface area contributed by atoms with Crippen molar-refractivity contribution in [1.82, 2.24) is 0 Å². The normalized spacial score (nSPS) is 10.2. The lowest BCUT2D eigenvalue weighted by Crippen LogP contribution is -2.20. The summed E-state index contributed by atoms with van der Waals surface area (Å²) >= 11 is 3.33. The van der Waals surface area contributed by atoms with E-state index in [1.54, 1.807) is 42.5 Å². The van der Waals surface area contributed by atoms with Gasteiger partial charge in [0.1, 0.15) is 5.75 Å². The number of aliphatic hydroxyl groups is 1. The SMILES string of the molecule is Nc1ccc(NC(=O)COc2ccccc2CO)c(Br)c1. The molecule has 0 aliphatic carbocycles. The molecule has 21 heavy (non-hydrogen) atoms. The van der Waals surface area contributed by atoms with Crippen molar-refractivity contribution in [3.05, 3.63) is 52.5 Å². The van der Waals surface area contributed by atoms with E-state index in [0.29, 0.717) is 27.2 Å². The average Bonchev–Trinajstić information content (AvgIpc) is 2.48. The summed E-state index contributed by atoms with van der Waals surface area (Å²) in [4.78, 5) is 11.9. The molecule has 0 aliphatic heterocycles. The van der Waals surface area contributed by atoms with E-state index in [0.717, 1.165) is 0 Å². The first-order valence-electron chi connectivity index (χ1n) is 6.26. The number of hydrogen-bond donors (Lipinski definition) is 3. The molecule has 0 atom stereocenters.